The molecule has 0 saturated carbocycles. The van der Waals surface area contributed by atoms with Crippen molar-refractivity contribution in [1.82, 2.24) is 9.71 Å². The van der Waals surface area contributed by atoms with E-state index in [4.69, 9.17) is 25.8 Å². The maximum atomic E-state index is 12.9. The molecule has 2 rings (SSSR count). The first kappa shape index (κ1) is 28.2. The van der Waals surface area contributed by atoms with E-state index < -0.39 is 21.8 Å². The summed E-state index contributed by atoms with van der Waals surface area (Å²) >= 11 is 5.98. The van der Waals surface area contributed by atoms with Gasteiger partial charge in [-0.3, -0.25) is 0 Å². The molecule has 0 spiro atoms. The van der Waals surface area contributed by atoms with Crippen molar-refractivity contribution in [2.75, 3.05) is 32.6 Å². The van der Waals surface area contributed by atoms with Crippen molar-refractivity contribution in [3.8, 4) is 17.4 Å². The van der Waals surface area contributed by atoms with Crippen LogP contribution in [-0.2, 0) is 27.4 Å². The van der Waals surface area contributed by atoms with Crippen molar-refractivity contribution in [2.24, 2.45) is 0 Å². The lowest BCUT2D eigenvalue weighted by molar-refractivity contribution is -0.137. The van der Waals surface area contributed by atoms with Crippen LogP contribution in [-0.4, -0.2) is 46.0 Å². The van der Waals surface area contributed by atoms with Gasteiger partial charge >= 0.3 is 6.18 Å². The highest BCUT2D eigenvalue weighted by Gasteiger charge is 2.32. The maximum Gasteiger partial charge on any atom is 0.417 e. The van der Waals surface area contributed by atoms with E-state index in [9.17, 15) is 21.6 Å². The van der Waals surface area contributed by atoms with Crippen LogP contribution in [0.3, 0.4) is 0 Å². The molecule has 7 nitrogen and oxygen atoms in total. The number of sulfonamides is 1. The number of ether oxygens (including phenoxy) is 3. The Morgan fingerprint density at radius 1 is 1.15 bits per heavy atom. The number of nitrogens with one attached hydrogen (secondary N) is 1. The summed E-state index contributed by atoms with van der Waals surface area (Å²) in [7, 11) is -1.92. The van der Waals surface area contributed by atoms with Crippen LogP contribution < -0.4 is 14.2 Å². The van der Waals surface area contributed by atoms with Crippen LogP contribution in [0, 0.1) is 0 Å². The van der Waals surface area contributed by atoms with Crippen LogP contribution in [0.25, 0.3) is 0 Å². The second kappa shape index (κ2) is 13.1. The molecule has 190 valence electrons. The fourth-order valence-corrected chi connectivity index (χ4v) is 4.31. The zero-order chi connectivity index (χ0) is 25.2. The van der Waals surface area contributed by atoms with Gasteiger partial charge in [-0.1, -0.05) is 37.4 Å². The minimum absolute atomic E-state index is 0.0290. The monoisotopic (exact) mass is 524 g/mol. The predicted octanol–water partition coefficient (Wildman–Crippen LogP) is 5.22. The molecule has 0 aliphatic heterocycles. The number of unbranched alkanes of at least 4 members (excludes halogenated alkanes) is 2. The number of rotatable bonds is 14. The molecule has 1 heterocycles. The summed E-state index contributed by atoms with van der Waals surface area (Å²) < 4.78 is 82.1. The van der Waals surface area contributed by atoms with Gasteiger partial charge in [0.25, 0.3) is 0 Å². The molecule has 1 N–H and O–H groups in total. The Morgan fingerprint density at radius 3 is 2.53 bits per heavy atom. The third-order valence-electron chi connectivity index (χ3n) is 4.69. The molecule has 0 atom stereocenters. The Morgan fingerprint density at radius 2 is 1.88 bits per heavy atom. The van der Waals surface area contributed by atoms with Gasteiger partial charge in [-0.15, -0.1) is 0 Å². The van der Waals surface area contributed by atoms with Crippen LogP contribution in [0.5, 0.6) is 17.4 Å². The third kappa shape index (κ3) is 8.94. The standard InChI is InChI=1S/C22H28ClF3N2O5S/c1-3-4-5-13-34(29,30)28-10-9-17-19(32-12-11-31-2)7-6-8-20(17)33-21-18(23)14-16(15-27-21)22(24,25)26/h6-8,14-15,28H,3-5,9-13H2,1-2H3. The van der Waals surface area contributed by atoms with Crippen LogP contribution in [0.2, 0.25) is 5.02 Å². The highest BCUT2D eigenvalue weighted by Crippen LogP contribution is 2.37. The number of aromatic nitrogens is 1. The first-order valence-electron chi connectivity index (χ1n) is 10.7. The van der Waals surface area contributed by atoms with E-state index in [1.807, 2.05) is 6.92 Å². The lowest BCUT2D eigenvalue weighted by Crippen LogP contribution is -2.28. The van der Waals surface area contributed by atoms with Gasteiger partial charge in [0, 0.05) is 25.4 Å². The number of hydrogen-bond acceptors (Lipinski definition) is 6. The topological polar surface area (TPSA) is 86.8 Å². The molecule has 0 aliphatic rings. The van der Waals surface area contributed by atoms with Crippen LogP contribution in [0.1, 0.15) is 37.3 Å². The molecule has 34 heavy (non-hydrogen) atoms. The number of hydrogen-bond donors (Lipinski definition) is 1. The quantitative estimate of drug-likeness (QED) is 0.341. The van der Waals surface area contributed by atoms with Gasteiger partial charge in [0.2, 0.25) is 15.9 Å². The fourth-order valence-electron chi connectivity index (χ4n) is 2.96. The van der Waals surface area contributed by atoms with Crippen molar-refractivity contribution in [3.63, 3.8) is 0 Å². The molecule has 12 heteroatoms. The molecule has 0 radical (unpaired) electrons. The summed E-state index contributed by atoms with van der Waals surface area (Å²) in [6.07, 6.45) is -1.48. The van der Waals surface area contributed by atoms with Gasteiger partial charge in [0.15, 0.2) is 0 Å². The molecule has 0 unspecified atom stereocenters. The molecule has 0 bridgehead atoms. The van der Waals surface area contributed by atoms with E-state index in [1.54, 1.807) is 18.2 Å². The molecule has 0 fully saturated rings. The zero-order valence-corrected chi connectivity index (χ0v) is 20.5. The normalized spacial score (nSPS) is 12.1. The summed E-state index contributed by atoms with van der Waals surface area (Å²) in [5, 5.41) is -0.317. The molecule has 0 aliphatic carbocycles. The van der Waals surface area contributed by atoms with E-state index in [2.05, 4.69) is 9.71 Å². The van der Waals surface area contributed by atoms with Gasteiger partial charge in [-0.2, -0.15) is 13.2 Å². The van der Waals surface area contributed by atoms with E-state index >= 15 is 0 Å². The molecule has 1 aromatic carbocycles. The van der Waals surface area contributed by atoms with E-state index in [0.29, 0.717) is 30.5 Å². The second-order valence-corrected chi connectivity index (χ2v) is 9.69. The number of methoxy groups -OCH3 is 1. The molecule has 0 saturated heterocycles. The average Bonchev–Trinajstić information content (AvgIpc) is 2.76. The number of alkyl halides is 3. The Bertz CT molecular complexity index is 1040. The summed E-state index contributed by atoms with van der Waals surface area (Å²) in [4.78, 5) is 3.70. The SMILES string of the molecule is CCCCCS(=O)(=O)NCCc1c(OCCOC)cccc1Oc1ncc(C(F)(F)F)cc1Cl. The van der Waals surface area contributed by atoms with Gasteiger partial charge < -0.3 is 14.2 Å². The van der Waals surface area contributed by atoms with Gasteiger partial charge in [0.05, 0.1) is 17.9 Å². The fraction of sp³-hybridized carbons (Fsp3) is 0.500. The molecular formula is C22H28ClF3N2O5S. The lowest BCUT2D eigenvalue weighted by Gasteiger charge is -2.17. The van der Waals surface area contributed by atoms with Gasteiger partial charge in [-0.05, 0) is 31.0 Å². The minimum Gasteiger partial charge on any atom is -0.491 e. The summed E-state index contributed by atoms with van der Waals surface area (Å²) in [5.74, 6) is 0.462. The van der Waals surface area contributed by atoms with Crippen LogP contribution in [0.15, 0.2) is 30.5 Å². The first-order chi connectivity index (χ1) is 16.1. The van der Waals surface area contributed by atoms with Crippen molar-refractivity contribution < 1.29 is 35.8 Å². The molecule has 0 amide bonds. The van der Waals surface area contributed by atoms with Gasteiger partial charge in [0.1, 0.15) is 23.1 Å². The van der Waals surface area contributed by atoms with Crippen molar-refractivity contribution in [1.29, 1.82) is 0 Å². The van der Waals surface area contributed by atoms with Crippen molar-refractivity contribution in [2.45, 2.75) is 38.8 Å². The van der Waals surface area contributed by atoms with Crippen LogP contribution >= 0.6 is 11.6 Å². The van der Waals surface area contributed by atoms with E-state index in [1.165, 1.54) is 7.11 Å². The summed E-state index contributed by atoms with van der Waals surface area (Å²) in [5.41, 5.74) is -0.494. The van der Waals surface area contributed by atoms with Crippen LogP contribution in [0.4, 0.5) is 13.2 Å². The van der Waals surface area contributed by atoms with E-state index in [0.717, 1.165) is 18.9 Å². The molecular weight excluding hydrogens is 497 g/mol. The Labute approximate surface area is 202 Å². The number of pyridine rings is 1. The van der Waals surface area contributed by atoms with Gasteiger partial charge in [-0.25, -0.2) is 18.1 Å². The second-order valence-electron chi connectivity index (χ2n) is 7.36. The van der Waals surface area contributed by atoms with Crippen molar-refractivity contribution in [3.05, 3.63) is 46.6 Å². The van der Waals surface area contributed by atoms with E-state index in [-0.39, 0.29) is 42.0 Å². The number of halogens is 4. The number of benzene rings is 1. The third-order valence-corrected chi connectivity index (χ3v) is 6.43. The predicted molar refractivity (Wildman–Crippen MR) is 123 cm³/mol. The molecule has 2 aromatic rings. The largest absolute Gasteiger partial charge is 0.491 e. The highest BCUT2D eigenvalue weighted by molar-refractivity contribution is 7.89. The minimum atomic E-state index is -4.59. The maximum absolute atomic E-state index is 12.9. The van der Waals surface area contributed by atoms with Crippen molar-refractivity contribution >= 4 is 21.6 Å². The Kier molecular flexibility index (Phi) is 10.9. The highest BCUT2D eigenvalue weighted by atomic mass is 35.5. The number of nitrogens with zero attached hydrogens (tertiary/aromatic N) is 1. The Balaban J connectivity index is 2.24. The summed E-state index contributed by atoms with van der Waals surface area (Å²) in [6, 6.07) is 5.61. The lowest BCUT2D eigenvalue weighted by atomic mass is 10.1. The first-order valence-corrected chi connectivity index (χ1v) is 12.7. The zero-order valence-electron chi connectivity index (χ0n) is 19.0. The molecule has 1 aromatic heterocycles. The average molecular weight is 525 g/mol. The summed E-state index contributed by atoms with van der Waals surface area (Å²) in [6.45, 7) is 2.61. The Hall–Kier alpha value is -2.08. The smallest absolute Gasteiger partial charge is 0.417 e.